The smallest absolute Gasteiger partial charge is 0.254 e. The van der Waals surface area contributed by atoms with E-state index in [1.54, 1.807) is 11.3 Å². The second-order valence-electron chi connectivity index (χ2n) is 7.20. The largest absolute Gasteiger partial charge is 0.370 e. The van der Waals surface area contributed by atoms with Gasteiger partial charge in [0.15, 0.2) is 0 Å². The van der Waals surface area contributed by atoms with Crippen LogP contribution in [0.3, 0.4) is 0 Å². The summed E-state index contributed by atoms with van der Waals surface area (Å²) in [5, 5.41) is 2.10. The molecule has 0 N–H and O–H groups in total. The maximum absolute atomic E-state index is 12.9. The molecule has 4 heteroatoms. The van der Waals surface area contributed by atoms with Gasteiger partial charge in [0, 0.05) is 23.3 Å². The van der Waals surface area contributed by atoms with E-state index in [1.807, 2.05) is 4.90 Å². The summed E-state index contributed by atoms with van der Waals surface area (Å²) in [4.78, 5) is 16.4. The van der Waals surface area contributed by atoms with Crippen molar-refractivity contribution in [2.75, 3.05) is 19.7 Å². The highest BCUT2D eigenvalue weighted by atomic mass is 32.1. The number of fused-ring (bicyclic) bond motifs is 1. The first kappa shape index (κ1) is 15.4. The number of hydrogen-bond acceptors (Lipinski definition) is 3. The van der Waals surface area contributed by atoms with Gasteiger partial charge in [0.1, 0.15) is 0 Å². The van der Waals surface area contributed by atoms with Crippen LogP contribution in [0.25, 0.3) is 0 Å². The standard InChI is InChI=1S/C19H25NO2S/c1-14-6-11-22-19(12-14)7-9-20(10-8-19)18(21)16-13-23-17-5-3-2-4-15(16)17/h12-13H,2-11H2,1H3. The summed E-state index contributed by atoms with van der Waals surface area (Å²) in [6.45, 7) is 4.65. The molecule has 0 unspecified atom stereocenters. The second kappa shape index (κ2) is 6.06. The summed E-state index contributed by atoms with van der Waals surface area (Å²) in [6, 6.07) is 0. The van der Waals surface area contributed by atoms with Gasteiger partial charge in [-0.15, -0.1) is 11.3 Å². The Kier molecular flexibility index (Phi) is 4.06. The zero-order valence-corrected chi connectivity index (χ0v) is 14.7. The van der Waals surface area contributed by atoms with Crippen molar-refractivity contribution < 1.29 is 9.53 Å². The van der Waals surface area contributed by atoms with Gasteiger partial charge in [0.2, 0.25) is 0 Å². The topological polar surface area (TPSA) is 29.5 Å². The summed E-state index contributed by atoms with van der Waals surface area (Å²) >= 11 is 1.78. The van der Waals surface area contributed by atoms with Gasteiger partial charge in [-0.05, 0) is 57.4 Å². The van der Waals surface area contributed by atoms with Crippen LogP contribution >= 0.6 is 11.3 Å². The molecule has 1 amide bonds. The van der Waals surface area contributed by atoms with Gasteiger partial charge in [-0.3, -0.25) is 4.79 Å². The lowest BCUT2D eigenvalue weighted by Gasteiger charge is -2.42. The lowest BCUT2D eigenvalue weighted by molar-refractivity contribution is -0.0522. The summed E-state index contributed by atoms with van der Waals surface area (Å²) in [7, 11) is 0. The molecule has 1 fully saturated rings. The zero-order chi connectivity index (χ0) is 15.9. The molecular weight excluding hydrogens is 306 g/mol. The Hall–Kier alpha value is -1.13. The van der Waals surface area contributed by atoms with E-state index in [9.17, 15) is 4.79 Å². The Morgan fingerprint density at radius 2 is 2.00 bits per heavy atom. The normalized spacial score (nSPS) is 23.5. The van der Waals surface area contributed by atoms with Crippen molar-refractivity contribution in [2.45, 2.75) is 57.5 Å². The van der Waals surface area contributed by atoms with Crippen LogP contribution in [0, 0.1) is 0 Å². The molecule has 0 radical (unpaired) electrons. The first-order chi connectivity index (χ1) is 11.2. The number of ether oxygens (including phenoxy) is 1. The third kappa shape index (κ3) is 2.87. The highest BCUT2D eigenvalue weighted by Gasteiger charge is 2.37. The minimum absolute atomic E-state index is 0.104. The van der Waals surface area contributed by atoms with E-state index < -0.39 is 0 Å². The molecule has 4 rings (SSSR count). The fraction of sp³-hybridized carbons (Fsp3) is 0.632. The minimum atomic E-state index is -0.104. The fourth-order valence-corrected chi connectivity index (χ4v) is 5.32. The van der Waals surface area contributed by atoms with E-state index in [0.29, 0.717) is 0 Å². The minimum Gasteiger partial charge on any atom is -0.370 e. The van der Waals surface area contributed by atoms with Crippen LogP contribution in [0.1, 0.15) is 59.8 Å². The van der Waals surface area contributed by atoms with E-state index in [-0.39, 0.29) is 11.5 Å². The maximum atomic E-state index is 12.9. The number of piperidine rings is 1. The summed E-state index contributed by atoms with van der Waals surface area (Å²) in [6.07, 6.45) is 9.97. The molecule has 3 aliphatic rings. The summed E-state index contributed by atoms with van der Waals surface area (Å²) in [5.41, 5.74) is 3.66. The molecule has 3 nitrogen and oxygen atoms in total. The Morgan fingerprint density at radius 3 is 2.78 bits per heavy atom. The van der Waals surface area contributed by atoms with Gasteiger partial charge in [-0.2, -0.15) is 0 Å². The predicted molar refractivity (Wildman–Crippen MR) is 93.2 cm³/mol. The first-order valence-corrected chi connectivity index (χ1v) is 9.76. The highest BCUT2D eigenvalue weighted by Crippen LogP contribution is 2.35. The monoisotopic (exact) mass is 331 g/mol. The van der Waals surface area contributed by atoms with Crippen LogP contribution in [0.15, 0.2) is 17.0 Å². The lowest BCUT2D eigenvalue weighted by Crippen LogP contribution is -2.48. The van der Waals surface area contributed by atoms with E-state index in [4.69, 9.17) is 4.74 Å². The highest BCUT2D eigenvalue weighted by molar-refractivity contribution is 7.10. The molecule has 0 saturated carbocycles. The summed E-state index contributed by atoms with van der Waals surface area (Å²) in [5.74, 6) is 0.246. The number of hydrogen-bond donors (Lipinski definition) is 0. The average Bonchev–Trinajstić information content (AvgIpc) is 2.99. The maximum Gasteiger partial charge on any atom is 0.254 e. The molecule has 1 aromatic heterocycles. The molecule has 1 aromatic rings. The van der Waals surface area contributed by atoms with Crippen LogP contribution in [-0.4, -0.2) is 36.1 Å². The molecule has 23 heavy (non-hydrogen) atoms. The number of rotatable bonds is 1. The van der Waals surface area contributed by atoms with Crippen molar-refractivity contribution >= 4 is 17.2 Å². The quantitative estimate of drug-likeness (QED) is 0.729. The van der Waals surface area contributed by atoms with E-state index >= 15 is 0 Å². The molecule has 1 aliphatic carbocycles. The number of carbonyl (C=O) groups is 1. The number of likely N-dealkylation sites (tertiary alicyclic amines) is 1. The molecule has 124 valence electrons. The number of carbonyl (C=O) groups excluding carboxylic acids is 1. The van der Waals surface area contributed by atoms with Gasteiger partial charge < -0.3 is 9.64 Å². The predicted octanol–water partition coefficient (Wildman–Crippen LogP) is 3.97. The van der Waals surface area contributed by atoms with Crippen molar-refractivity contribution in [3.05, 3.63) is 33.0 Å². The number of aryl methyl sites for hydroxylation is 1. The fourth-order valence-electron chi connectivity index (χ4n) is 4.20. The van der Waals surface area contributed by atoms with Crippen molar-refractivity contribution in [1.82, 2.24) is 4.90 Å². The molecule has 0 atom stereocenters. The summed E-state index contributed by atoms with van der Waals surface area (Å²) < 4.78 is 6.07. The Bertz CT molecular complexity index is 638. The lowest BCUT2D eigenvalue weighted by atomic mass is 9.86. The van der Waals surface area contributed by atoms with Crippen LogP contribution in [0.4, 0.5) is 0 Å². The van der Waals surface area contributed by atoms with Gasteiger partial charge in [0.05, 0.1) is 17.8 Å². The molecule has 0 bridgehead atoms. The van der Waals surface area contributed by atoms with Gasteiger partial charge in [0.25, 0.3) is 5.91 Å². The van der Waals surface area contributed by atoms with Crippen LogP contribution in [0.5, 0.6) is 0 Å². The van der Waals surface area contributed by atoms with Gasteiger partial charge >= 0.3 is 0 Å². The number of amides is 1. The third-order valence-corrected chi connectivity index (χ3v) is 6.67. The Labute approximate surface area is 142 Å². The Balaban J connectivity index is 1.47. The number of nitrogens with zero attached hydrogens (tertiary/aromatic N) is 1. The van der Waals surface area contributed by atoms with Crippen LogP contribution < -0.4 is 0 Å². The average molecular weight is 331 g/mol. The van der Waals surface area contributed by atoms with Crippen LogP contribution in [0.2, 0.25) is 0 Å². The second-order valence-corrected chi connectivity index (χ2v) is 8.17. The Morgan fingerprint density at radius 1 is 1.22 bits per heavy atom. The third-order valence-electron chi connectivity index (χ3n) is 5.58. The van der Waals surface area contributed by atoms with E-state index in [1.165, 1.54) is 28.9 Å². The van der Waals surface area contributed by atoms with Crippen LogP contribution in [-0.2, 0) is 17.6 Å². The van der Waals surface area contributed by atoms with Gasteiger partial charge in [-0.25, -0.2) is 0 Å². The van der Waals surface area contributed by atoms with E-state index in [0.717, 1.165) is 57.4 Å². The van der Waals surface area contributed by atoms with Crippen molar-refractivity contribution in [2.24, 2.45) is 0 Å². The SMILES string of the molecule is CC1=CC2(CCN(C(=O)c3csc4c3CCCC4)CC2)OCC1. The molecule has 1 saturated heterocycles. The molecule has 2 aliphatic heterocycles. The van der Waals surface area contributed by atoms with Gasteiger partial charge in [-0.1, -0.05) is 11.6 Å². The molecule has 0 aromatic carbocycles. The van der Waals surface area contributed by atoms with Crippen molar-refractivity contribution in [3.63, 3.8) is 0 Å². The molecular formula is C19H25NO2S. The van der Waals surface area contributed by atoms with Crippen molar-refractivity contribution in [1.29, 1.82) is 0 Å². The van der Waals surface area contributed by atoms with E-state index in [2.05, 4.69) is 18.4 Å². The molecule has 3 heterocycles. The molecule has 1 spiro atoms. The number of thiophene rings is 1. The van der Waals surface area contributed by atoms with Crippen molar-refractivity contribution in [3.8, 4) is 0 Å². The first-order valence-electron chi connectivity index (χ1n) is 8.88. The zero-order valence-electron chi connectivity index (χ0n) is 13.9.